The Bertz CT molecular complexity index is 908. The Labute approximate surface area is 370 Å². The molecule has 1 aliphatic heterocycles. The minimum absolute atomic E-state index is 0.135. The van der Waals surface area contributed by atoms with E-state index in [4.69, 9.17) is 9.47 Å². The number of unbranched alkanes of at least 4 members (excludes halogenated alkanes) is 35. The Kier molecular flexibility index (Phi) is 40.2. The van der Waals surface area contributed by atoms with Gasteiger partial charge < -0.3 is 40.3 Å². The predicted molar refractivity (Wildman–Crippen MR) is 249 cm³/mol. The Hall–Kier alpha value is -0.810. The normalized spacial score (nSPS) is 20.4. The molecule has 9 heteroatoms. The molecule has 1 saturated heterocycles. The first-order valence-corrected chi connectivity index (χ1v) is 26.2. The van der Waals surface area contributed by atoms with Crippen molar-refractivity contribution in [2.24, 2.45) is 0 Å². The van der Waals surface area contributed by atoms with Crippen LogP contribution < -0.4 is 5.32 Å². The van der Waals surface area contributed by atoms with Gasteiger partial charge in [0.25, 0.3) is 0 Å². The molecule has 1 rings (SSSR count). The molecular weight excluding hydrogens is 755 g/mol. The molecule has 0 spiro atoms. The maximum atomic E-state index is 12.7. The second kappa shape index (κ2) is 42.2. The third-order valence-corrected chi connectivity index (χ3v) is 13.0. The van der Waals surface area contributed by atoms with Crippen LogP contribution in [0.3, 0.4) is 0 Å². The van der Waals surface area contributed by atoms with Gasteiger partial charge in [0.1, 0.15) is 24.4 Å². The molecular formula is C51H101NO8. The molecule has 358 valence electrons. The van der Waals surface area contributed by atoms with Gasteiger partial charge in [-0.3, -0.25) is 4.79 Å². The predicted octanol–water partition coefficient (Wildman–Crippen LogP) is 11.9. The fraction of sp³-hybridized carbons (Fsp3) is 0.980. The molecule has 0 aromatic heterocycles. The van der Waals surface area contributed by atoms with E-state index in [0.717, 1.165) is 44.9 Å². The molecule has 60 heavy (non-hydrogen) atoms. The van der Waals surface area contributed by atoms with Gasteiger partial charge in [-0.1, -0.05) is 245 Å². The first-order chi connectivity index (χ1) is 29.3. The van der Waals surface area contributed by atoms with E-state index in [0.29, 0.717) is 12.8 Å². The van der Waals surface area contributed by atoms with Crippen molar-refractivity contribution in [2.75, 3.05) is 13.2 Å². The number of rotatable bonds is 45. The molecule has 1 aliphatic rings. The highest BCUT2D eigenvalue weighted by Gasteiger charge is 2.44. The maximum Gasteiger partial charge on any atom is 0.220 e. The molecule has 0 aromatic rings. The molecule has 0 aliphatic carbocycles. The highest BCUT2D eigenvalue weighted by Crippen LogP contribution is 2.23. The van der Waals surface area contributed by atoms with Crippen LogP contribution >= 0.6 is 0 Å². The number of aliphatic hydroxyl groups excluding tert-OH is 5. The number of amides is 1. The van der Waals surface area contributed by atoms with Crippen LogP contribution in [-0.4, -0.2) is 87.5 Å². The summed E-state index contributed by atoms with van der Waals surface area (Å²) in [5.74, 6) is -0.159. The molecule has 7 atom stereocenters. The maximum absolute atomic E-state index is 12.7. The van der Waals surface area contributed by atoms with Crippen molar-refractivity contribution < 1.29 is 39.8 Å². The monoisotopic (exact) mass is 856 g/mol. The number of ether oxygens (including phenoxy) is 2. The molecule has 1 heterocycles. The summed E-state index contributed by atoms with van der Waals surface area (Å²) in [4.78, 5) is 12.7. The largest absolute Gasteiger partial charge is 0.394 e. The molecule has 9 nitrogen and oxygen atoms in total. The van der Waals surface area contributed by atoms with Gasteiger partial charge in [-0.25, -0.2) is 0 Å². The van der Waals surface area contributed by atoms with E-state index in [-0.39, 0.29) is 12.5 Å². The van der Waals surface area contributed by atoms with E-state index in [1.807, 2.05) is 0 Å². The Morgan fingerprint density at radius 2 is 0.833 bits per heavy atom. The van der Waals surface area contributed by atoms with Crippen molar-refractivity contribution in [3.8, 4) is 0 Å². The van der Waals surface area contributed by atoms with Gasteiger partial charge in [0.15, 0.2) is 6.29 Å². The van der Waals surface area contributed by atoms with E-state index < -0.39 is 49.5 Å². The lowest BCUT2D eigenvalue weighted by Crippen LogP contribution is -2.60. The molecule has 0 aromatic carbocycles. The van der Waals surface area contributed by atoms with E-state index in [2.05, 4.69) is 19.2 Å². The van der Waals surface area contributed by atoms with Crippen LogP contribution in [0.4, 0.5) is 0 Å². The van der Waals surface area contributed by atoms with E-state index in [1.54, 1.807) is 0 Å². The minimum atomic E-state index is -1.55. The van der Waals surface area contributed by atoms with E-state index in [9.17, 15) is 30.3 Å². The van der Waals surface area contributed by atoms with Crippen LogP contribution in [-0.2, 0) is 14.3 Å². The quantitative estimate of drug-likeness (QED) is 0.0332. The van der Waals surface area contributed by atoms with Crippen molar-refractivity contribution in [3.05, 3.63) is 0 Å². The summed E-state index contributed by atoms with van der Waals surface area (Å²) in [6.07, 6.45) is 42.3. The Morgan fingerprint density at radius 1 is 0.500 bits per heavy atom. The zero-order chi connectivity index (χ0) is 43.7. The van der Waals surface area contributed by atoms with Gasteiger partial charge in [0.2, 0.25) is 5.91 Å². The number of carbonyl (C=O) groups excluding carboxylic acids is 1. The number of carbonyl (C=O) groups is 1. The summed E-state index contributed by atoms with van der Waals surface area (Å²) in [5.41, 5.74) is 0. The first-order valence-electron chi connectivity index (χ1n) is 26.2. The van der Waals surface area contributed by atoms with Crippen LogP contribution in [0, 0.1) is 0 Å². The second-order valence-corrected chi connectivity index (χ2v) is 18.7. The molecule has 0 bridgehead atoms. The van der Waals surface area contributed by atoms with E-state index >= 15 is 0 Å². The summed E-state index contributed by atoms with van der Waals surface area (Å²) in [6, 6.07) is -0.709. The van der Waals surface area contributed by atoms with Crippen molar-refractivity contribution >= 4 is 5.91 Å². The standard InChI is InChI=1S/C51H101NO8/c1-3-5-7-9-10-11-12-13-14-15-16-17-18-19-20-21-22-23-24-25-26-27-28-29-30-31-32-33-34-35-36-37-38-40-45(54)44(52-47(55)41-39-8-6-4-2)43-59-51-50(58)49(57)48(56)46(42-53)60-51/h44-46,48-51,53-54,56-58H,3-43H2,1-2H3,(H,52,55). The third kappa shape index (κ3) is 31.9. The highest BCUT2D eigenvalue weighted by atomic mass is 16.7. The summed E-state index contributed by atoms with van der Waals surface area (Å²) in [7, 11) is 0. The zero-order valence-corrected chi connectivity index (χ0v) is 39.5. The van der Waals surface area contributed by atoms with Crippen molar-refractivity contribution in [1.29, 1.82) is 0 Å². The lowest BCUT2D eigenvalue weighted by atomic mass is 9.99. The van der Waals surface area contributed by atoms with Crippen molar-refractivity contribution in [1.82, 2.24) is 5.32 Å². The lowest BCUT2D eigenvalue weighted by molar-refractivity contribution is -0.302. The summed E-state index contributed by atoms with van der Waals surface area (Å²) in [5, 5.41) is 54.0. The lowest BCUT2D eigenvalue weighted by Gasteiger charge is -2.40. The Morgan fingerprint density at radius 3 is 1.18 bits per heavy atom. The molecule has 6 N–H and O–H groups in total. The van der Waals surface area contributed by atoms with Crippen molar-refractivity contribution in [2.45, 2.75) is 307 Å². The number of nitrogens with one attached hydrogen (secondary N) is 1. The molecule has 0 saturated carbocycles. The average molecular weight is 856 g/mol. The smallest absolute Gasteiger partial charge is 0.220 e. The summed E-state index contributed by atoms with van der Waals surface area (Å²) >= 11 is 0. The van der Waals surface area contributed by atoms with Crippen molar-refractivity contribution in [3.63, 3.8) is 0 Å². The van der Waals surface area contributed by atoms with Crippen LogP contribution in [0.1, 0.15) is 264 Å². The minimum Gasteiger partial charge on any atom is -0.394 e. The highest BCUT2D eigenvalue weighted by molar-refractivity contribution is 5.76. The average Bonchev–Trinajstić information content (AvgIpc) is 3.25. The number of hydrogen-bond donors (Lipinski definition) is 6. The van der Waals surface area contributed by atoms with E-state index in [1.165, 1.54) is 193 Å². The van der Waals surface area contributed by atoms with Gasteiger partial charge >= 0.3 is 0 Å². The topological polar surface area (TPSA) is 149 Å². The van der Waals surface area contributed by atoms with Crippen LogP contribution in [0.5, 0.6) is 0 Å². The molecule has 7 unspecified atom stereocenters. The summed E-state index contributed by atoms with van der Waals surface area (Å²) < 4.78 is 11.2. The molecule has 0 radical (unpaired) electrons. The van der Waals surface area contributed by atoms with Crippen LogP contribution in [0.15, 0.2) is 0 Å². The number of hydrogen-bond acceptors (Lipinski definition) is 8. The van der Waals surface area contributed by atoms with Gasteiger partial charge in [0, 0.05) is 6.42 Å². The molecule has 1 amide bonds. The SMILES string of the molecule is CCCCCCCCCCCCCCCCCCCCCCCCCCCCCCCCCCCC(O)C(COC1OC(CO)C(O)C(O)C1O)NC(=O)CCCCCC. The zero-order valence-electron chi connectivity index (χ0n) is 39.5. The van der Waals surface area contributed by atoms with Gasteiger partial charge in [-0.15, -0.1) is 0 Å². The molecule has 1 fully saturated rings. The summed E-state index contributed by atoms with van der Waals surface area (Å²) in [6.45, 7) is 3.73. The fourth-order valence-corrected chi connectivity index (χ4v) is 8.75. The third-order valence-electron chi connectivity index (χ3n) is 13.0. The first kappa shape index (κ1) is 57.2. The van der Waals surface area contributed by atoms with Crippen LogP contribution in [0.2, 0.25) is 0 Å². The Balaban J connectivity index is 1.97. The second-order valence-electron chi connectivity index (χ2n) is 18.7. The number of aliphatic hydroxyl groups is 5. The van der Waals surface area contributed by atoms with Crippen LogP contribution in [0.25, 0.3) is 0 Å². The fourth-order valence-electron chi connectivity index (χ4n) is 8.75. The van der Waals surface area contributed by atoms with Gasteiger partial charge in [0.05, 0.1) is 25.4 Å². The van der Waals surface area contributed by atoms with Gasteiger partial charge in [-0.2, -0.15) is 0 Å². The van der Waals surface area contributed by atoms with Gasteiger partial charge in [-0.05, 0) is 12.8 Å².